The molecule has 0 bridgehead atoms. The van der Waals surface area contributed by atoms with Gasteiger partial charge in [0.15, 0.2) is 0 Å². The number of ether oxygens (including phenoxy) is 1. The fourth-order valence-electron chi connectivity index (χ4n) is 2.26. The number of amides is 1. The van der Waals surface area contributed by atoms with Gasteiger partial charge in [-0.2, -0.15) is 0 Å². The normalized spacial score (nSPS) is 11.9. The molecule has 4 heteroatoms. The van der Waals surface area contributed by atoms with Crippen LogP contribution >= 0.6 is 0 Å². The highest BCUT2D eigenvalue weighted by atomic mass is 16.5. The molecular formula is C16H18N2O2. The standard InChI is InChI=1S/C16H18N2O2/c1-20-15-9-5-4-8-13(15)11-6-2-3-7-12(11)14(17)10-16(18)19/h2-9,14H,10,17H2,1H3,(H2,18,19). The minimum Gasteiger partial charge on any atom is -0.496 e. The second kappa shape index (κ2) is 6.21. The monoisotopic (exact) mass is 270 g/mol. The molecule has 2 rings (SSSR count). The zero-order valence-electron chi connectivity index (χ0n) is 11.4. The Morgan fingerprint density at radius 1 is 1.10 bits per heavy atom. The molecular weight excluding hydrogens is 252 g/mol. The summed E-state index contributed by atoms with van der Waals surface area (Å²) in [5.41, 5.74) is 14.1. The first kappa shape index (κ1) is 14.1. The molecule has 0 aliphatic carbocycles. The highest BCUT2D eigenvalue weighted by molar-refractivity contribution is 5.77. The Balaban J connectivity index is 2.49. The van der Waals surface area contributed by atoms with Crippen LogP contribution in [-0.4, -0.2) is 13.0 Å². The van der Waals surface area contributed by atoms with Crippen molar-refractivity contribution in [1.29, 1.82) is 0 Å². The van der Waals surface area contributed by atoms with Gasteiger partial charge in [0.2, 0.25) is 5.91 Å². The molecule has 0 spiro atoms. The molecule has 0 aliphatic rings. The largest absolute Gasteiger partial charge is 0.496 e. The maximum atomic E-state index is 11.1. The van der Waals surface area contributed by atoms with Crippen molar-refractivity contribution in [1.82, 2.24) is 0 Å². The summed E-state index contributed by atoms with van der Waals surface area (Å²) in [6.45, 7) is 0. The van der Waals surface area contributed by atoms with E-state index in [1.807, 2.05) is 48.5 Å². The van der Waals surface area contributed by atoms with Crippen LogP contribution < -0.4 is 16.2 Å². The number of para-hydroxylation sites is 1. The number of methoxy groups -OCH3 is 1. The lowest BCUT2D eigenvalue weighted by Gasteiger charge is -2.17. The number of hydrogen-bond donors (Lipinski definition) is 2. The SMILES string of the molecule is COc1ccccc1-c1ccccc1C(N)CC(N)=O. The minimum absolute atomic E-state index is 0.117. The lowest BCUT2D eigenvalue weighted by molar-refractivity contribution is -0.118. The van der Waals surface area contributed by atoms with E-state index in [4.69, 9.17) is 16.2 Å². The smallest absolute Gasteiger partial charge is 0.219 e. The average molecular weight is 270 g/mol. The highest BCUT2D eigenvalue weighted by Crippen LogP contribution is 2.34. The van der Waals surface area contributed by atoms with E-state index >= 15 is 0 Å². The Morgan fingerprint density at radius 3 is 2.35 bits per heavy atom. The summed E-state index contributed by atoms with van der Waals surface area (Å²) in [7, 11) is 1.63. The first-order valence-corrected chi connectivity index (χ1v) is 6.39. The highest BCUT2D eigenvalue weighted by Gasteiger charge is 2.16. The van der Waals surface area contributed by atoms with Crippen molar-refractivity contribution >= 4 is 5.91 Å². The van der Waals surface area contributed by atoms with Gasteiger partial charge in [-0.25, -0.2) is 0 Å². The van der Waals surface area contributed by atoms with Gasteiger partial charge in [0.1, 0.15) is 5.75 Å². The van der Waals surface area contributed by atoms with Gasteiger partial charge in [0, 0.05) is 18.0 Å². The number of carbonyl (C=O) groups is 1. The summed E-state index contributed by atoms with van der Waals surface area (Å²) in [6.07, 6.45) is 0.117. The summed E-state index contributed by atoms with van der Waals surface area (Å²) in [4.78, 5) is 11.1. The van der Waals surface area contributed by atoms with Crippen molar-refractivity contribution in [2.75, 3.05) is 7.11 Å². The predicted octanol–water partition coefficient (Wildman–Crippen LogP) is 2.24. The zero-order valence-corrected chi connectivity index (χ0v) is 11.4. The molecule has 0 aromatic heterocycles. The van der Waals surface area contributed by atoms with Crippen molar-refractivity contribution < 1.29 is 9.53 Å². The number of nitrogens with two attached hydrogens (primary N) is 2. The van der Waals surface area contributed by atoms with Crippen LogP contribution in [0.5, 0.6) is 5.75 Å². The van der Waals surface area contributed by atoms with Crippen LogP contribution in [0.1, 0.15) is 18.0 Å². The Morgan fingerprint density at radius 2 is 1.70 bits per heavy atom. The van der Waals surface area contributed by atoms with E-state index in [0.29, 0.717) is 0 Å². The third-order valence-electron chi connectivity index (χ3n) is 3.18. The predicted molar refractivity (Wildman–Crippen MR) is 79.2 cm³/mol. The van der Waals surface area contributed by atoms with Crippen molar-refractivity contribution in [3.05, 3.63) is 54.1 Å². The molecule has 1 unspecified atom stereocenters. The molecule has 2 aromatic rings. The molecule has 0 aliphatic heterocycles. The molecule has 1 amide bonds. The van der Waals surface area contributed by atoms with Gasteiger partial charge in [0.25, 0.3) is 0 Å². The number of carbonyl (C=O) groups excluding carboxylic acids is 1. The zero-order chi connectivity index (χ0) is 14.5. The van der Waals surface area contributed by atoms with Gasteiger partial charge in [-0.15, -0.1) is 0 Å². The summed E-state index contributed by atoms with van der Waals surface area (Å²) >= 11 is 0. The summed E-state index contributed by atoms with van der Waals surface area (Å²) < 4.78 is 5.38. The number of rotatable bonds is 5. The lowest BCUT2D eigenvalue weighted by Crippen LogP contribution is -2.21. The Bertz CT molecular complexity index is 611. The fourth-order valence-corrected chi connectivity index (χ4v) is 2.26. The third kappa shape index (κ3) is 2.97. The molecule has 2 aromatic carbocycles. The minimum atomic E-state index is -0.423. The summed E-state index contributed by atoms with van der Waals surface area (Å²) in [5, 5.41) is 0. The van der Waals surface area contributed by atoms with E-state index in [0.717, 1.165) is 22.4 Å². The Labute approximate surface area is 118 Å². The third-order valence-corrected chi connectivity index (χ3v) is 3.18. The van der Waals surface area contributed by atoms with Crippen LogP contribution in [0.4, 0.5) is 0 Å². The quantitative estimate of drug-likeness (QED) is 0.874. The molecule has 1 atom stereocenters. The van der Waals surface area contributed by atoms with E-state index in [-0.39, 0.29) is 6.42 Å². The van der Waals surface area contributed by atoms with Gasteiger partial charge in [0.05, 0.1) is 7.11 Å². The molecule has 4 nitrogen and oxygen atoms in total. The molecule has 0 heterocycles. The number of benzene rings is 2. The topological polar surface area (TPSA) is 78.3 Å². The van der Waals surface area contributed by atoms with Gasteiger partial charge in [-0.1, -0.05) is 42.5 Å². The summed E-state index contributed by atoms with van der Waals surface area (Å²) in [5.74, 6) is 0.360. The van der Waals surface area contributed by atoms with E-state index < -0.39 is 11.9 Å². The van der Waals surface area contributed by atoms with Gasteiger partial charge in [-0.3, -0.25) is 4.79 Å². The van der Waals surface area contributed by atoms with Gasteiger partial charge in [-0.05, 0) is 17.2 Å². The maximum Gasteiger partial charge on any atom is 0.219 e. The summed E-state index contributed by atoms with van der Waals surface area (Å²) in [6, 6.07) is 15.0. The van der Waals surface area contributed by atoms with Gasteiger partial charge >= 0.3 is 0 Å². The molecule has 0 radical (unpaired) electrons. The molecule has 20 heavy (non-hydrogen) atoms. The van der Waals surface area contributed by atoms with Crippen LogP contribution in [0.15, 0.2) is 48.5 Å². The van der Waals surface area contributed by atoms with E-state index in [1.54, 1.807) is 7.11 Å². The van der Waals surface area contributed by atoms with Crippen molar-refractivity contribution in [2.24, 2.45) is 11.5 Å². The van der Waals surface area contributed by atoms with Crippen LogP contribution in [0.2, 0.25) is 0 Å². The van der Waals surface area contributed by atoms with E-state index in [9.17, 15) is 4.79 Å². The number of primary amides is 1. The fraction of sp³-hybridized carbons (Fsp3) is 0.188. The van der Waals surface area contributed by atoms with Crippen molar-refractivity contribution in [2.45, 2.75) is 12.5 Å². The molecule has 0 fully saturated rings. The second-order valence-corrected chi connectivity index (χ2v) is 4.56. The van der Waals surface area contributed by atoms with E-state index in [2.05, 4.69) is 0 Å². The molecule has 104 valence electrons. The van der Waals surface area contributed by atoms with Crippen LogP contribution in [0.25, 0.3) is 11.1 Å². The second-order valence-electron chi connectivity index (χ2n) is 4.56. The van der Waals surface area contributed by atoms with Crippen molar-refractivity contribution in [3.8, 4) is 16.9 Å². The number of hydrogen-bond acceptors (Lipinski definition) is 3. The maximum absolute atomic E-state index is 11.1. The van der Waals surface area contributed by atoms with Crippen LogP contribution in [0.3, 0.4) is 0 Å². The molecule has 0 saturated heterocycles. The molecule has 4 N–H and O–H groups in total. The van der Waals surface area contributed by atoms with E-state index in [1.165, 1.54) is 0 Å². The first-order chi connectivity index (χ1) is 9.63. The van der Waals surface area contributed by atoms with Crippen LogP contribution in [0, 0.1) is 0 Å². The van der Waals surface area contributed by atoms with Gasteiger partial charge < -0.3 is 16.2 Å². The lowest BCUT2D eigenvalue weighted by atomic mass is 9.93. The Hall–Kier alpha value is -2.33. The average Bonchev–Trinajstić information content (AvgIpc) is 2.46. The molecule has 0 saturated carbocycles. The Kier molecular flexibility index (Phi) is 4.38. The van der Waals surface area contributed by atoms with Crippen LogP contribution in [-0.2, 0) is 4.79 Å². The first-order valence-electron chi connectivity index (χ1n) is 6.39. The van der Waals surface area contributed by atoms with Crippen molar-refractivity contribution in [3.63, 3.8) is 0 Å².